The number of carbonyl (C=O) groups is 1. The van der Waals surface area contributed by atoms with Crippen molar-refractivity contribution < 1.29 is 17.9 Å². The van der Waals surface area contributed by atoms with Crippen molar-refractivity contribution in [2.75, 3.05) is 25.0 Å². The molecule has 2 aromatic carbocycles. The number of amides is 1. The molecule has 1 saturated heterocycles. The quantitative estimate of drug-likeness (QED) is 0.661. The highest BCUT2D eigenvalue weighted by molar-refractivity contribution is 7.89. The number of hydrogen-bond donors (Lipinski definition) is 1. The van der Waals surface area contributed by atoms with E-state index in [2.05, 4.69) is 5.32 Å². The summed E-state index contributed by atoms with van der Waals surface area (Å²) in [6.07, 6.45) is 1.21. The number of benzene rings is 2. The van der Waals surface area contributed by atoms with Gasteiger partial charge in [0.15, 0.2) is 0 Å². The van der Waals surface area contributed by atoms with E-state index in [4.69, 9.17) is 27.9 Å². The molecule has 0 aromatic heterocycles. The molecule has 0 radical (unpaired) electrons. The van der Waals surface area contributed by atoms with Crippen molar-refractivity contribution in [1.29, 1.82) is 0 Å². The number of sulfonamides is 1. The Kier molecular flexibility index (Phi) is 7.29. The second-order valence-electron chi connectivity index (χ2n) is 7.18. The monoisotopic (exact) mass is 470 g/mol. The van der Waals surface area contributed by atoms with Crippen LogP contribution in [-0.2, 0) is 14.8 Å². The number of nitrogens with zero attached hydrogens (tertiary/aromatic N) is 1. The maximum Gasteiger partial charge on any atom is 0.243 e. The first-order valence-corrected chi connectivity index (χ1v) is 11.9. The molecule has 2 aromatic rings. The number of aryl methyl sites for hydroxylation is 1. The van der Waals surface area contributed by atoms with Gasteiger partial charge in [0.2, 0.25) is 15.9 Å². The zero-order valence-corrected chi connectivity index (χ0v) is 19.1. The first kappa shape index (κ1) is 22.9. The molecular weight excluding hydrogens is 447 g/mol. The van der Waals surface area contributed by atoms with Gasteiger partial charge in [0.05, 0.1) is 22.4 Å². The SMILES string of the molecule is CCOc1ccc(S(=O)(=O)N2CCC[C@@H](C(=O)Nc3ccc(C)c(Cl)c3)C2)cc1Cl. The molecule has 0 saturated carbocycles. The predicted octanol–water partition coefficient (Wildman–Crippen LogP) is 4.74. The summed E-state index contributed by atoms with van der Waals surface area (Å²) in [5, 5.41) is 3.64. The first-order chi connectivity index (χ1) is 14.2. The maximum atomic E-state index is 13.1. The Morgan fingerprint density at radius 3 is 2.63 bits per heavy atom. The number of ether oxygens (including phenoxy) is 1. The molecule has 0 spiro atoms. The van der Waals surface area contributed by atoms with E-state index < -0.39 is 15.9 Å². The summed E-state index contributed by atoms with van der Waals surface area (Å²) in [7, 11) is -3.78. The Bertz CT molecular complexity index is 1040. The van der Waals surface area contributed by atoms with Crippen molar-refractivity contribution in [2.45, 2.75) is 31.6 Å². The lowest BCUT2D eigenvalue weighted by atomic mass is 9.98. The lowest BCUT2D eigenvalue weighted by molar-refractivity contribution is -0.120. The Morgan fingerprint density at radius 1 is 1.20 bits per heavy atom. The summed E-state index contributed by atoms with van der Waals surface area (Å²) in [6.45, 7) is 4.60. The molecule has 1 aliphatic heterocycles. The van der Waals surface area contributed by atoms with Gasteiger partial charge in [-0.25, -0.2) is 8.42 Å². The van der Waals surface area contributed by atoms with Crippen LogP contribution in [0.5, 0.6) is 5.75 Å². The minimum Gasteiger partial charge on any atom is -0.492 e. The number of hydrogen-bond acceptors (Lipinski definition) is 4. The van der Waals surface area contributed by atoms with E-state index in [0.717, 1.165) is 5.56 Å². The number of halogens is 2. The Morgan fingerprint density at radius 2 is 1.97 bits per heavy atom. The minimum absolute atomic E-state index is 0.0855. The summed E-state index contributed by atoms with van der Waals surface area (Å²) < 4.78 is 32.9. The fraction of sp³-hybridized carbons (Fsp3) is 0.381. The molecule has 0 bridgehead atoms. The van der Waals surface area contributed by atoms with Gasteiger partial charge >= 0.3 is 0 Å². The lowest BCUT2D eigenvalue weighted by Crippen LogP contribution is -2.43. The molecule has 0 aliphatic carbocycles. The molecule has 1 fully saturated rings. The number of anilines is 1. The Balaban J connectivity index is 1.73. The summed E-state index contributed by atoms with van der Waals surface area (Å²) in [4.78, 5) is 12.8. The fourth-order valence-electron chi connectivity index (χ4n) is 3.35. The molecule has 162 valence electrons. The van der Waals surface area contributed by atoms with Crippen LogP contribution < -0.4 is 10.1 Å². The lowest BCUT2D eigenvalue weighted by Gasteiger charge is -2.31. The highest BCUT2D eigenvalue weighted by Crippen LogP contribution is 2.31. The molecule has 3 rings (SSSR count). The zero-order valence-electron chi connectivity index (χ0n) is 16.8. The molecule has 1 atom stereocenters. The average Bonchev–Trinajstić information content (AvgIpc) is 2.72. The molecule has 9 heteroatoms. The van der Waals surface area contributed by atoms with Crippen LogP contribution in [0.4, 0.5) is 5.69 Å². The number of rotatable bonds is 6. The first-order valence-electron chi connectivity index (χ1n) is 9.72. The number of nitrogens with one attached hydrogen (secondary N) is 1. The third-order valence-corrected chi connectivity index (χ3v) is 7.60. The Hall–Kier alpha value is -1.80. The van der Waals surface area contributed by atoms with E-state index in [0.29, 0.717) is 42.5 Å². The van der Waals surface area contributed by atoms with Gasteiger partial charge in [0.1, 0.15) is 5.75 Å². The molecule has 30 heavy (non-hydrogen) atoms. The molecule has 1 heterocycles. The molecule has 1 aliphatic rings. The van der Waals surface area contributed by atoms with E-state index in [-0.39, 0.29) is 22.4 Å². The van der Waals surface area contributed by atoms with Crippen LogP contribution in [0.25, 0.3) is 0 Å². The van der Waals surface area contributed by atoms with Gasteiger partial charge in [-0.3, -0.25) is 4.79 Å². The third-order valence-electron chi connectivity index (χ3n) is 5.04. The van der Waals surface area contributed by atoms with Gasteiger partial charge < -0.3 is 10.1 Å². The van der Waals surface area contributed by atoms with Crippen molar-refractivity contribution in [1.82, 2.24) is 4.31 Å². The van der Waals surface area contributed by atoms with Gasteiger partial charge in [0, 0.05) is 23.8 Å². The van der Waals surface area contributed by atoms with Crippen LogP contribution >= 0.6 is 23.2 Å². The van der Waals surface area contributed by atoms with Gasteiger partial charge in [-0.2, -0.15) is 4.31 Å². The van der Waals surface area contributed by atoms with Gasteiger partial charge in [0.25, 0.3) is 0 Å². The van der Waals surface area contributed by atoms with E-state index in [1.165, 1.54) is 16.4 Å². The average molecular weight is 471 g/mol. The highest BCUT2D eigenvalue weighted by Gasteiger charge is 2.33. The van der Waals surface area contributed by atoms with Crippen LogP contribution in [0.1, 0.15) is 25.3 Å². The number of piperidine rings is 1. The number of carbonyl (C=O) groups excluding carboxylic acids is 1. The van der Waals surface area contributed by atoms with Gasteiger partial charge in [-0.05, 0) is 62.6 Å². The van der Waals surface area contributed by atoms with Crippen LogP contribution in [0, 0.1) is 12.8 Å². The molecule has 1 N–H and O–H groups in total. The summed E-state index contributed by atoms with van der Waals surface area (Å²) in [5.74, 6) is -0.239. The van der Waals surface area contributed by atoms with Crippen LogP contribution in [0.2, 0.25) is 10.0 Å². The van der Waals surface area contributed by atoms with Crippen molar-refractivity contribution >= 4 is 44.8 Å². The summed E-state index contributed by atoms with van der Waals surface area (Å²) in [6, 6.07) is 9.70. The van der Waals surface area contributed by atoms with E-state index in [9.17, 15) is 13.2 Å². The molecule has 1 amide bonds. The van der Waals surface area contributed by atoms with Gasteiger partial charge in [-0.15, -0.1) is 0 Å². The smallest absolute Gasteiger partial charge is 0.243 e. The molecule has 0 unspecified atom stereocenters. The standard InChI is InChI=1S/C21H24Cl2N2O4S/c1-3-29-20-9-8-17(12-19(20)23)30(27,28)25-10-4-5-15(13-25)21(26)24-16-7-6-14(2)18(22)11-16/h6-9,11-12,15H,3-5,10,13H2,1-2H3,(H,24,26)/t15-/m1/s1. The van der Waals surface area contributed by atoms with Gasteiger partial charge in [-0.1, -0.05) is 29.3 Å². The molecular formula is C21H24Cl2N2O4S. The van der Waals surface area contributed by atoms with Crippen molar-refractivity contribution in [3.63, 3.8) is 0 Å². The predicted molar refractivity (Wildman–Crippen MR) is 119 cm³/mol. The molecule has 6 nitrogen and oxygen atoms in total. The minimum atomic E-state index is -3.78. The Labute approximate surface area is 187 Å². The highest BCUT2D eigenvalue weighted by atomic mass is 35.5. The fourth-order valence-corrected chi connectivity index (χ4v) is 5.38. The second-order valence-corrected chi connectivity index (χ2v) is 9.93. The third kappa shape index (κ3) is 5.09. The normalized spacial score (nSPS) is 17.5. The summed E-state index contributed by atoms with van der Waals surface area (Å²) in [5.41, 5.74) is 1.51. The summed E-state index contributed by atoms with van der Waals surface area (Å²) >= 11 is 12.3. The van der Waals surface area contributed by atoms with Crippen molar-refractivity contribution in [2.24, 2.45) is 5.92 Å². The maximum absolute atomic E-state index is 13.1. The van der Waals surface area contributed by atoms with Crippen molar-refractivity contribution in [3.05, 3.63) is 52.0 Å². The van der Waals surface area contributed by atoms with Crippen LogP contribution in [0.15, 0.2) is 41.3 Å². The van der Waals surface area contributed by atoms with Crippen LogP contribution in [0.3, 0.4) is 0 Å². The second kappa shape index (κ2) is 9.56. The van der Waals surface area contributed by atoms with Crippen LogP contribution in [-0.4, -0.2) is 38.3 Å². The topological polar surface area (TPSA) is 75.7 Å². The van der Waals surface area contributed by atoms with Crippen molar-refractivity contribution in [3.8, 4) is 5.75 Å². The van der Waals surface area contributed by atoms with E-state index in [1.807, 2.05) is 19.9 Å². The zero-order chi connectivity index (χ0) is 21.9. The van der Waals surface area contributed by atoms with E-state index >= 15 is 0 Å². The largest absolute Gasteiger partial charge is 0.492 e. The van der Waals surface area contributed by atoms with E-state index in [1.54, 1.807) is 18.2 Å².